The van der Waals surface area contributed by atoms with Crippen molar-refractivity contribution < 1.29 is 14.3 Å². The maximum Gasteiger partial charge on any atom is 0.240 e. The van der Waals surface area contributed by atoms with Gasteiger partial charge >= 0.3 is 0 Å². The fourth-order valence-corrected chi connectivity index (χ4v) is 2.17. The van der Waals surface area contributed by atoms with Crippen LogP contribution in [0.4, 0.5) is 0 Å². The fourth-order valence-electron chi connectivity index (χ4n) is 1.88. The van der Waals surface area contributed by atoms with Gasteiger partial charge in [-0.15, -0.1) is 0 Å². The van der Waals surface area contributed by atoms with Crippen molar-refractivity contribution in [2.24, 2.45) is 5.73 Å². The molecule has 1 aliphatic rings. The molecule has 110 valence electrons. The molecule has 0 unspecified atom stereocenters. The van der Waals surface area contributed by atoms with Gasteiger partial charge in [-0.05, 0) is 37.5 Å². The second-order valence-electron chi connectivity index (χ2n) is 4.88. The van der Waals surface area contributed by atoms with Crippen molar-refractivity contribution >= 4 is 17.5 Å². The van der Waals surface area contributed by atoms with Crippen LogP contribution in [-0.4, -0.2) is 25.2 Å². The van der Waals surface area contributed by atoms with Crippen molar-refractivity contribution in [2.75, 3.05) is 13.7 Å². The van der Waals surface area contributed by atoms with Crippen LogP contribution in [0.25, 0.3) is 0 Å². The van der Waals surface area contributed by atoms with Gasteiger partial charge in [0.1, 0.15) is 0 Å². The Morgan fingerprint density at radius 1 is 1.50 bits per heavy atom. The average molecular weight is 299 g/mol. The van der Waals surface area contributed by atoms with E-state index >= 15 is 0 Å². The number of carbonyl (C=O) groups is 1. The van der Waals surface area contributed by atoms with Gasteiger partial charge in [-0.3, -0.25) is 4.79 Å². The molecule has 0 heterocycles. The summed E-state index contributed by atoms with van der Waals surface area (Å²) >= 11 is 6.17. The maximum absolute atomic E-state index is 11.8. The minimum atomic E-state index is -0.668. The number of hydrogen-bond donors (Lipinski definition) is 2. The van der Waals surface area contributed by atoms with E-state index in [0.29, 0.717) is 29.7 Å². The Morgan fingerprint density at radius 3 is 2.75 bits per heavy atom. The summed E-state index contributed by atoms with van der Waals surface area (Å²) in [7, 11) is 1.55. The molecule has 1 aromatic rings. The normalized spacial score (nSPS) is 15.6. The first-order valence-electron chi connectivity index (χ1n) is 6.56. The average Bonchev–Trinajstić information content (AvgIpc) is 3.18. The molecule has 0 aliphatic heterocycles. The molecule has 3 N–H and O–H groups in total. The highest BCUT2D eigenvalue weighted by molar-refractivity contribution is 6.32. The Morgan fingerprint density at radius 2 is 2.20 bits per heavy atom. The third-order valence-corrected chi connectivity index (χ3v) is 3.55. The number of halogens is 1. The number of carbonyl (C=O) groups excluding carboxylic acids is 1. The van der Waals surface area contributed by atoms with Crippen LogP contribution in [0.15, 0.2) is 12.1 Å². The molecule has 5 nitrogen and oxygen atoms in total. The van der Waals surface area contributed by atoms with Gasteiger partial charge in [-0.2, -0.15) is 0 Å². The second kappa shape index (κ2) is 5.89. The molecular weight excluding hydrogens is 280 g/mol. The lowest BCUT2D eigenvalue weighted by atomic mass is 10.2. The number of ether oxygens (including phenoxy) is 2. The first-order valence-corrected chi connectivity index (χ1v) is 6.94. The lowest BCUT2D eigenvalue weighted by molar-refractivity contribution is -0.123. The summed E-state index contributed by atoms with van der Waals surface area (Å²) in [6.07, 6.45) is 1.48. The third kappa shape index (κ3) is 3.16. The second-order valence-corrected chi connectivity index (χ2v) is 5.29. The molecule has 0 saturated heterocycles. The van der Waals surface area contributed by atoms with Crippen LogP contribution < -0.4 is 20.5 Å². The largest absolute Gasteiger partial charge is 0.493 e. The van der Waals surface area contributed by atoms with Crippen molar-refractivity contribution in [3.8, 4) is 11.5 Å². The zero-order valence-electron chi connectivity index (χ0n) is 11.7. The van der Waals surface area contributed by atoms with Gasteiger partial charge in [0.05, 0.1) is 24.3 Å². The Labute approximate surface area is 123 Å². The zero-order valence-corrected chi connectivity index (χ0v) is 12.4. The monoisotopic (exact) mass is 298 g/mol. The van der Waals surface area contributed by atoms with Crippen LogP contribution in [0.2, 0.25) is 5.02 Å². The number of rotatable bonds is 6. The third-order valence-electron chi connectivity index (χ3n) is 3.27. The lowest BCUT2D eigenvalue weighted by Crippen LogP contribution is -2.42. The van der Waals surface area contributed by atoms with Crippen LogP contribution in [0, 0.1) is 0 Å². The van der Waals surface area contributed by atoms with E-state index in [1.807, 2.05) is 6.92 Å². The van der Waals surface area contributed by atoms with Gasteiger partial charge in [0.25, 0.3) is 0 Å². The van der Waals surface area contributed by atoms with Crippen LogP contribution in [0.5, 0.6) is 11.5 Å². The number of amides is 1. The molecule has 0 spiro atoms. The van der Waals surface area contributed by atoms with Gasteiger partial charge < -0.3 is 20.5 Å². The van der Waals surface area contributed by atoms with Gasteiger partial charge in [-0.1, -0.05) is 11.6 Å². The van der Waals surface area contributed by atoms with Crippen LogP contribution in [0.3, 0.4) is 0 Å². The molecule has 1 amide bonds. The minimum Gasteiger partial charge on any atom is -0.493 e. The standard InChI is InChI=1S/C14H19ClN2O3/c1-3-20-12-10(15)6-9(7-11(12)19-2)8-17-13(18)14(16)4-5-14/h6-7H,3-5,8,16H2,1-2H3,(H,17,18). The number of nitrogens with two attached hydrogens (primary N) is 1. The molecule has 0 aromatic heterocycles. The summed E-state index contributed by atoms with van der Waals surface area (Å²) in [6, 6.07) is 3.55. The van der Waals surface area contributed by atoms with Crippen molar-refractivity contribution in [3.63, 3.8) is 0 Å². The summed E-state index contributed by atoms with van der Waals surface area (Å²) in [5, 5.41) is 3.27. The molecule has 2 rings (SSSR count). The molecule has 6 heteroatoms. The minimum absolute atomic E-state index is 0.124. The lowest BCUT2D eigenvalue weighted by Gasteiger charge is -2.14. The summed E-state index contributed by atoms with van der Waals surface area (Å²) < 4.78 is 10.7. The maximum atomic E-state index is 11.8. The Balaban J connectivity index is 2.08. The van der Waals surface area contributed by atoms with Crippen LogP contribution in [0.1, 0.15) is 25.3 Å². The Kier molecular flexibility index (Phi) is 4.40. The van der Waals surface area contributed by atoms with Gasteiger partial charge in [0, 0.05) is 6.54 Å². The molecule has 1 fully saturated rings. The quantitative estimate of drug-likeness (QED) is 0.840. The molecule has 0 radical (unpaired) electrons. The van der Waals surface area contributed by atoms with Gasteiger partial charge in [0.2, 0.25) is 5.91 Å². The van der Waals surface area contributed by atoms with E-state index in [1.54, 1.807) is 19.2 Å². The van der Waals surface area contributed by atoms with Crippen LogP contribution >= 0.6 is 11.6 Å². The molecule has 1 saturated carbocycles. The van der Waals surface area contributed by atoms with Crippen molar-refractivity contribution in [3.05, 3.63) is 22.7 Å². The SMILES string of the molecule is CCOc1c(Cl)cc(CNC(=O)C2(N)CC2)cc1OC. The summed E-state index contributed by atoms with van der Waals surface area (Å²) in [6.45, 7) is 2.74. The van der Waals surface area contributed by atoms with Gasteiger partial charge in [-0.25, -0.2) is 0 Å². The predicted molar refractivity (Wildman–Crippen MR) is 77.2 cm³/mol. The molecular formula is C14H19ClN2O3. The first kappa shape index (κ1) is 14.9. The molecule has 1 aliphatic carbocycles. The van der Waals surface area contributed by atoms with E-state index in [-0.39, 0.29) is 5.91 Å². The van der Waals surface area contributed by atoms with E-state index in [9.17, 15) is 4.79 Å². The Hall–Kier alpha value is -1.46. The molecule has 1 aromatic carbocycles. The van der Waals surface area contributed by atoms with E-state index in [2.05, 4.69) is 5.32 Å². The predicted octanol–water partition coefficient (Wildman–Crippen LogP) is 1.85. The molecule has 0 atom stereocenters. The molecule has 20 heavy (non-hydrogen) atoms. The fraction of sp³-hybridized carbons (Fsp3) is 0.500. The number of methoxy groups -OCH3 is 1. The highest BCUT2D eigenvalue weighted by Crippen LogP contribution is 2.36. The highest BCUT2D eigenvalue weighted by Gasteiger charge is 2.45. The number of benzene rings is 1. The summed E-state index contributed by atoms with van der Waals surface area (Å²) in [5.74, 6) is 0.947. The van der Waals surface area contributed by atoms with Crippen LogP contribution in [-0.2, 0) is 11.3 Å². The smallest absolute Gasteiger partial charge is 0.240 e. The van der Waals surface area contributed by atoms with Crippen molar-refractivity contribution in [1.29, 1.82) is 0 Å². The summed E-state index contributed by atoms with van der Waals surface area (Å²) in [4.78, 5) is 11.8. The summed E-state index contributed by atoms with van der Waals surface area (Å²) in [5.41, 5.74) is 5.99. The van der Waals surface area contributed by atoms with E-state index < -0.39 is 5.54 Å². The van der Waals surface area contributed by atoms with E-state index in [4.69, 9.17) is 26.8 Å². The van der Waals surface area contributed by atoms with Crippen molar-refractivity contribution in [1.82, 2.24) is 5.32 Å². The van der Waals surface area contributed by atoms with Crippen molar-refractivity contribution in [2.45, 2.75) is 31.8 Å². The van der Waals surface area contributed by atoms with E-state index in [0.717, 1.165) is 18.4 Å². The topological polar surface area (TPSA) is 73.6 Å². The Bertz CT molecular complexity index is 515. The zero-order chi connectivity index (χ0) is 14.8. The van der Waals surface area contributed by atoms with Gasteiger partial charge in [0.15, 0.2) is 11.5 Å². The highest BCUT2D eigenvalue weighted by atomic mass is 35.5. The number of hydrogen-bond acceptors (Lipinski definition) is 4. The number of nitrogens with one attached hydrogen (secondary N) is 1. The first-order chi connectivity index (χ1) is 9.50. The molecule has 0 bridgehead atoms. The van der Waals surface area contributed by atoms with E-state index in [1.165, 1.54) is 0 Å².